The predicted molar refractivity (Wildman–Crippen MR) is 80.4 cm³/mol. The van der Waals surface area contributed by atoms with Gasteiger partial charge in [-0.3, -0.25) is 5.32 Å². The van der Waals surface area contributed by atoms with E-state index >= 15 is 0 Å². The highest BCUT2D eigenvalue weighted by Crippen LogP contribution is 2.18. The molecule has 0 atom stereocenters. The molecule has 1 aromatic heterocycles. The molecule has 0 spiro atoms. The summed E-state index contributed by atoms with van der Waals surface area (Å²) in [5, 5.41) is 6.28. The third-order valence-corrected chi connectivity index (χ3v) is 2.81. The number of aromatic nitrogens is 1. The summed E-state index contributed by atoms with van der Waals surface area (Å²) >= 11 is 1.24. The smallest absolute Gasteiger partial charge is 0.412 e. The van der Waals surface area contributed by atoms with E-state index in [9.17, 15) is 9.59 Å². The van der Waals surface area contributed by atoms with E-state index in [0.717, 1.165) is 0 Å². The van der Waals surface area contributed by atoms with Gasteiger partial charge in [0.25, 0.3) is 0 Å². The van der Waals surface area contributed by atoms with Crippen molar-refractivity contribution >= 4 is 28.5 Å². The number of hydrogen-bond donors (Lipinski definition) is 2. The van der Waals surface area contributed by atoms with Crippen molar-refractivity contribution in [2.45, 2.75) is 32.9 Å². The van der Waals surface area contributed by atoms with Crippen LogP contribution in [-0.4, -0.2) is 29.4 Å². The molecule has 0 aromatic carbocycles. The minimum atomic E-state index is -0.579. The molecule has 2 N–H and O–H groups in total. The maximum absolute atomic E-state index is 11.5. The lowest BCUT2D eigenvalue weighted by atomic mass is 10.2. The molecule has 0 unspecified atom stereocenters. The van der Waals surface area contributed by atoms with Crippen molar-refractivity contribution in [1.29, 1.82) is 0 Å². The zero-order valence-electron chi connectivity index (χ0n) is 12.3. The lowest BCUT2D eigenvalue weighted by Crippen LogP contribution is -2.32. The summed E-state index contributed by atoms with van der Waals surface area (Å²) in [5.74, 6) is 0. The zero-order chi connectivity index (χ0) is 15.9. The van der Waals surface area contributed by atoms with Gasteiger partial charge < -0.3 is 14.8 Å². The molecule has 0 radical (unpaired) electrons. The lowest BCUT2D eigenvalue weighted by Gasteiger charge is -2.19. The Morgan fingerprint density at radius 1 is 1.43 bits per heavy atom. The second kappa shape index (κ2) is 7.63. The first-order valence-corrected chi connectivity index (χ1v) is 7.08. The molecule has 0 aliphatic carbocycles. The minimum absolute atomic E-state index is 0.137. The quantitative estimate of drug-likeness (QED) is 0.816. The Hall–Kier alpha value is -2.09. The van der Waals surface area contributed by atoms with Crippen LogP contribution < -0.4 is 10.6 Å². The van der Waals surface area contributed by atoms with Crippen LogP contribution in [0.5, 0.6) is 0 Å². The molecule has 1 heterocycles. The largest absolute Gasteiger partial charge is 0.445 e. The van der Waals surface area contributed by atoms with Crippen LogP contribution in [0.4, 0.5) is 14.6 Å². The van der Waals surface area contributed by atoms with Crippen molar-refractivity contribution in [2.75, 3.05) is 11.9 Å². The van der Waals surface area contributed by atoms with Crippen molar-refractivity contribution in [3.05, 3.63) is 23.9 Å². The van der Waals surface area contributed by atoms with Gasteiger partial charge in [0.1, 0.15) is 22.2 Å². The van der Waals surface area contributed by atoms with Gasteiger partial charge in [0.05, 0.1) is 12.7 Å². The molecule has 21 heavy (non-hydrogen) atoms. The van der Waals surface area contributed by atoms with Gasteiger partial charge in [-0.05, 0) is 20.8 Å². The summed E-state index contributed by atoms with van der Waals surface area (Å²) in [6.07, 6.45) is 1.87. The van der Waals surface area contributed by atoms with Gasteiger partial charge in [-0.1, -0.05) is 24.0 Å². The summed E-state index contributed by atoms with van der Waals surface area (Å²) < 4.78 is 9.88. The van der Waals surface area contributed by atoms with Gasteiger partial charge >= 0.3 is 12.2 Å². The van der Waals surface area contributed by atoms with Crippen LogP contribution in [0, 0.1) is 0 Å². The van der Waals surface area contributed by atoms with Gasteiger partial charge in [0.2, 0.25) is 0 Å². The van der Waals surface area contributed by atoms with Crippen LogP contribution in [0.25, 0.3) is 0 Å². The molecule has 1 rings (SSSR count). The standard InChI is InChI=1S/C13H19N3O4S/c1-5-6-19-12(18)16-10-8-14-9(21-10)7-15-11(17)20-13(2,3)4/h5,8H,1,6-7H2,2-4H3,(H,15,17)(H,16,18). The van der Waals surface area contributed by atoms with Crippen LogP contribution in [0.2, 0.25) is 0 Å². The molecule has 1 aromatic rings. The van der Waals surface area contributed by atoms with Crippen LogP contribution in [0.1, 0.15) is 25.8 Å². The summed E-state index contributed by atoms with van der Waals surface area (Å²) in [7, 11) is 0. The van der Waals surface area contributed by atoms with E-state index in [1.54, 1.807) is 20.8 Å². The van der Waals surface area contributed by atoms with E-state index in [2.05, 4.69) is 22.2 Å². The predicted octanol–water partition coefficient (Wildman–Crippen LogP) is 2.90. The first-order valence-electron chi connectivity index (χ1n) is 6.26. The summed E-state index contributed by atoms with van der Waals surface area (Å²) in [6, 6.07) is 0. The molecular weight excluding hydrogens is 294 g/mol. The first kappa shape index (κ1) is 17.0. The lowest BCUT2D eigenvalue weighted by molar-refractivity contribution is 0.0523. The number of nitrogens with zero attached hydrogens (tertiary/aromatic N) is 1. The highest BCUT2D eigenvalue weighted by Gasteiger charge is 2.16. The fourth-order valence-electron chi connectivity index (χ4n) is 1.18. The Morgan fingerprint density at radius 2 is 2.14 bits per heavy atom. The normalized spacial score (nSPS) is 10.6. The Balaban J connectivity index is 2.40. The van der Waals surface area contributed by atoms with Crippen LogP contribution >= 0.6 is 11.3 Å². The molecule has 0 saturated heterocycles. The van der Waals surface area contributed by atoms with Gasteiger partial charge in [0.15, 0.2) is 0 Å². The van der Waals surface area contributed by atoms with E-state index in [1.807, 2.05) is 0 Å². The van der Waals surface area contributed by atoms with Gasteiger partial charge in [-0.2, -0.15) is 0 Å². The SMILES string of the molecule is C=CCOC(=O)Nc1cnc(CNC(=O)OC(C)(C)C)s1. The monoisotopic (exact) mass is 313 g/mol. The number of carbonyl (C=O) groups is 2. The van der Waals surface area contributed by atoms with Crippen molar-refractivity contribution in [3.8, 4) is 0 Å². The molecule has 8 heteroatoms. The molecule has 0 bridgehead atoms. The Morgan fingerprint density at radius 3 is 2.76 bits per heavy atom. The highest BCUT2D eigenvalue weighted by molar-refractivity contribution is 7.15. The van der Waals surface area contributed by atoms with Crippen LogP contribution in [0.3, 0.4) is 0 Å². The van der Waals surface area contributed by atoms with Crippen molar-refractivity contribution in [1.82, 2.24) is 10.3 Å². The van der Waals surface area contributed by atoms with Crippen molar-refractivity contribution < 1.29 is 19.1 Å². The molecule has 2 amide bonds. The average molecular weight is 313 g/mol. The van der Waals surface area contributed by atoms with Crippen molar-refractivity contribution in [3.63, 3.8) is 0 Å². The number of alkyl carbamates (subject to hydrolysis) is 1. The number of rotatable bonds is 5. The Kier molecular flexibility index (Phi) is 6.16. The molecule has 7 nitrogen and oxygen atoms in total. The summed E-state index contributed by atoms with van der Waals surface area (Å²) in [5.41, 5.74) is -0.547. The zero-order valence-corrected chi connectivity index (χ0v) is 13.1. The number of thiazole rings is 1. The number of ether oxygens (including phenoxy) is 2. The maximum atomic E-state index is 11.5. The molecular formula is C13H19N3O4S. The Bertz CT molecular complexity index is 508. The van der Waals surface area contributed by atoms with Gasteiger partial charge in [-0.15, -0.1) is 0 Å². The second-order valence-corrected chi connectivity index (χ2v) is 6.10. The highest BCUT2D eigenvalue weighted by atomic mass is 32.1. The maximum Gasteiger partial charge on any atom is 0.412 e. The second-order valence-electron chi connectivity index (χ2n) is 4.99. The molecule has 0 saturated carbocycles. The number of amides is 2. The molecule has 0 aliphatic heterocycles. The van der Waals surface area contributed by atoms with Gasteiger partial charge in [-0.25, -0.2) is 14.6 Å². The summed E-state index contributed by atoms with van der Waals surface area (Å²) in [6.45, 7) is 9.16. The number of hydrogen-bond acceptors (Lipinski definition) is 6. The minimum Gasteiger partial charge on any atom is -0.445 e. The third kappa shape index (κ3) is 7.31. The van der Waals surface area contributed by atoms with Crippen molar-refractivity contribution in [2.24, 2.45) is 0 Å². The Labute approximate surface area is 127 Å². The average Bonchev–Trinajstić information content (AvgIpc) is 2.79. The molecule has 116 valence electrons. The number of anilines is 1. The topological polar surface area (TPSA) is 89.5 Å². The van der Waals surface area contributed by atoms with Gasteiger partial charge in [0, 0.05) is 0 Å². The first-order chi connectivity index (χ1) is 9.80. The fraction of sp³-hybridized carbons (Fsp3) is 0.462. The third-order valence-electron chi connectivity index (χ3n) is 1.89. The van der Waals surface area contributed by atoms with E-state index in [0.29, 0.717) is 10.0 Å². The molecule has 0 aliphatic rings. The van der Waals surface area contributed by atoms with E-state index < -0.39 is 17.8 Å². The molecule has 0 fully saturated rings. The number of carbonyl (C=O) groups excluding carboxylic acids is 2. The van der Waals surface area contributed by atoms with Crippen LogP contribution in [-0.2, 0) is 16.0 Å². The number of nitrogens with one attached hydrogen (secondary N) is 2. The fourth-order valence-corrected chi connectivity index (χ4v) is 1.93. The van der Waals surface area contributed by atoms with E-state index in [-0.39, 0.29) is 13.2 Å². The van der Waals surface area contributed by atoms with E-state index in [1.165, 1.54) is 23.6 Å². The summed E-state index contributed by atoms with van der Waals surface area (Å²) in [4.78, 5) is 26.9. The van der Waals surface area contributed by atoms with E-state index in [4.69, 9.17) is 9.47 Å². The van der Waals surface area contributed by atoms with Crippen LogP contribution in [0.15, 0.2) is 18.9 Å².